The summed E-state index contributed by atoms with van der Waals surface area (Å²) in [7, 11) is 0. The van der Waals surface area contributed by atoms with E-state index in [9.17, 15) is 9.18 Å². The highest BCUT2D eigenvalue weighted by atomic mass is 19.1. The van der Waals surface area contributed by atoms with Crippen LogP contribution in [0.25, 0.3) is 11.0 Å². The van der Waals surface area contributed by atoms with Gasteiger partial charge in [-0.05, 0) is 36.1 Å². The summed E-state index contributed by atoms with van der Waals surface area (Å²) in [5.74, 6) is 0.545. The van der Waals surface area contributed by atoms with Gasteiger partial charge in [-0.3, -0.25) is 4.79 Å². The molecular weight excluding hydrogens is 317 g/mol. The standard InChI is InChI=1S/C20H22FN3O/c1-13(2)19(20-22-16-9-5-6-10-17(16)23-20)24-18(25)12-11-14-7-3-4-8-15(14)21/h3-10,13,19H,11-12H2,1-2H3,(H,22,23)(H,24,25). The molecule has 0 aliphatic heterocycles. The van der Waals surface area contributed by atoms with Crippen molar-refractivity contribution in [2.24, 2.45) is 5.92 Å². The highest BCUT2D eigenvalue weighted by Gasteiger charge is 2.21. The van der Waals surface area contributed by atoms with Crippen molar-refractivity contribution < 1.29 is 9.18 Å². The molecule has 2 aromatic carbocycles. The van der Waals surface area contributed by atoms with Crippen LogP contribution in [0, 0.1) is 11.7 Å². The number of amides is 1. The van der Waals surface area contributed by atoms with Crippen LogP contribution in [0.2, 0.25) is 0 Å². The van der Waals surface area contributed by atoms with Crippen LogP contribution in [0.15, 0.2) is 48.5 Å². The zero-order valence-electron chi connectivity index (χ0n) is 14.4. The Bertz CT molecular complexity index is 839. The zero-order chi connectivity index (χ0) is 17.8. The quantitative estimate of drug-likeness (QED) is 0.709. The van der Waals surface area contributed by atoms with Gasteiger partial charge in [0.15, 0.2) is 0 Å². The molecule has 1 unspecified atom stereocenters. The van der Waals surface area contributed by atoms with E-state index in [1.165, 1.54) is 6.07 Å². The lowest BCUT2D eigenvalue weighted by atomic mass is 10.0. The number of fused-ring (bicyclic) bond motifs is 1. The van der Waals surface area contributed by atoms with Crippen molar-refractivity contribution in [1.29, 1.82) is 0 Å². The number of H-pyrrole nitrogens is 1. The molecule has 0 aliphatic rings. The maximum absolute atomic E-state index is 13.7. The van der Waals surface area contributed by atoms with Crippen LogP contribution < -0.4 is 5.32 Å². The van der Waals surface area contributed by atoms with Gasteiger partial charge in [-0.15, -0.1) is 0 Å². The summed E-state index contributed by atoms with van der Waals surface area (Å²) in [6.45, 7) is 4.07. The van der Waals surface area contributed by atoms with Crippen LogP contribution >= 0.6 is 0 Å². The number of hydrogen-bond donors (Lipinski definition) is 2. The summed E-state index contributed by atoms with van der Waals surface area (Å²) < 4.78 is 13.7. The van der Waals surface area contributed by atoms with Crippen molar-refractivity contribution >= 4 is 16.9 Å². The third-order valence-corrected chi connectivity index (χ3v) is 4.26. The number of halogens is 1. The van der Waals surface area contributed by atoms with E-state index in [1.807, 2.05) is 38.1 Å². The second-order valence-corrected chi connectivity index (χ2v) is 6.52. The van der Waals surface area contributed by atoms with Gasteiger partial charge in [-0.2, -0.15) is 0 Å². The van der Waals surface area contributed by atoms with E-state index in [1.54, 1.807) is 18.2 Å². The normalized spacial score (nSPS) is 12.5. The molecule has 1 atom stereocenters. The second-order valence-electron chi connectivity index (χ2n) is 6.52. The smallest absolute Gasteiger partial charge is 0.220 e. The van der Waals surface area contributed by atoms with Crippen molar-refractivity contribution in [3.8, 4) is 0 Å². The van der Waals surface area contributed by atoms with Crippen LogP contribution in [0.3, 0.4) is 0 Å². The zero-order valence-corrected chi connectivity index (χ0v) is 14.4. The van der Waals surface area contributed by atoms with Crippen LogP contribution in [-0.4, -0.2) is 15.9 Å². The maximum atomic E-state index is 13.7. The first kappa shape index (κ1) is 17.1. The van der Waals surface area contributed by atoms with Crippen LogP contribution in [0.1, 0.15) is 37.7 Å². The molecule has 3 aromatic rings. The predicted molar refractivity (Wildman–Crippen MR) is 96.5 cm³/mol. The SMILES string of the molecule is CC(C)C(NC(=O)CCc1ccccc1F)c1nc2ccccc2[nH]1. The third kappa shape index (κ3) is 4.05. The monoisotopic (exact) mass is 339 g/mol. The number of rotatable bonds is 6. The number of aromatic nitrogens is 2. The molecule has 0 radical (unpaired) electrons. The minimum absolute atomic E-state index is 0.109. The maximum Gasteiger partial charge on any atom is 0.220 e. The van der Waals surface area contributed by atoms with Gasteiger partial charge in [0, 0.05) is 6.42 Å². The van der Waals surface area contributed by atoms with Crippen LogP contribution in [-0.2, 0) is 11.2 Å². The fraction of sp³-hybridized carbons (Fsp3) is 0.300. The van der Waals surface area contributed by atoms with Gasteiger partial charge in [0.2, 0.25) is 5.91 Å². The average Bonchev–Trinajstić information content (AvgIpc) is 3.02. The molecule has 5 heteroatoms. The Morgan fingerprint density at radius 2 is 1.88 bits per heavy atom. The Hall–Kier alpha value is -2.69. The van der Waals surface area contributed by atoms with Gasteiger partial charge in [0.25, 0.3) is 0 Å². The van der Waals surface area contributed by atoms with Crippen molar-refractivity contribution in [1.82, 2.24) is 15.3 Å². The Kier molecular flexibility index (Phi) is 5.12. The van der Waals surface area contributed by atoms with Gasteiger partial charge in [-0.25, -0.2) is 9.37 Å². The number of hydrogen-bond acceptors (Lipinski definition) is 2. The number of nitrogens with zero attached hydrogens (tertiary/aromatic N) is 1. The summed E-state index contributed by atoms with van der Waals surface area (Å²) in [5, 5.41) is 3.03. The minimum atomic E-state index is -0.270. The molecule has 0 bridgehead atoms. The number of imidazole rings is 1. The molecule has 0 saturated heterocycles. The van der Waals surface area contributed by atoms with Crippen molar-refractivity contribution in [3.05, 3.63) is 65.7 Å². The first-order valence-electron chi connectivity index (χ1n) is 8.52. The molecule has 1 heterocycles. The average molecular weight is 339 g/mol. The summed E-state index contributed by atoms with van der Waals surface area (Å²) in [5.41, 5.74) is 2.38. The van der Waals surface area contributed by atoms with Crippen LogP contribution in [0.4, 0.5) is 4.39 Å². The van der Waals surface area contributed by atoms with E-state index < -0.39 is 0 Å². The van der Waals surface area contributed by atoms with E-state index in [0.717, 1.165) is 16.9 Å². The number of carbonyl (C=O) groups excluding carboxylic acids is 1. The second kappa shape index (κ2) is 7.47. The summed E-state index contributed by atoms with van der Waals surface area (Å²) in [6.07, 6.45) is 0.619. The molecule has 0 fully saturated rings. The summed E-state index contributed by atoms with van der Waals surface area (Å²) in [6, 6.07) is 14.1. The first-order valence-corrected chi connectivity index (χ1v) is 8.52. The fourth-order valence-electron chi connectivity index (χ4n) is 2.87. The minimum Gasteiger partial charge on any atom is -0.346 e. The van der Waals surface area contributed by atoms with Gasteiger partial charge in [0.1, 0.15) is 11.6 Å². The Labute approximate surface area is 146 Å². The Morgan fingerprint density at radius 1 is 1.16 bits per heavy atom. The molecule has 0 aliphatic carbocycles. The Morgan fingerprint density at radius 3 is 2.60 bits per heavy atom. The number of benzene rings is 2. The number of aromatic amines is 1. The lowest BCUT2D eigenvalue weighted by molar-refractivity contribution is -0.122. The van der Waals surface area contributed by atoms with Crippen molar-refractivity contribution in [3.63, 3.8) is 0 Å². The predicted octanol–water partition coefficient (Wildman–Crippen LogP) is 4.15. The van der Waals surface area contributed by atoms with Gasteiger partial charge in [-0.1, -0.05) is 44.2 Å². The Balaban J connectivity index is 1.69. The molecule has 2 N–H and O–H groups in total. The van der Waals surface area contributed by atoms with E-state index in [4.69, 9.17) is 0 Å². The molecule has 1 aromatic heterocycles. The first-order chi connectivity index (χ1) is 12.0. The molecule has 130 valence electrons. The van der Waals surface area contributed by atoms with Crippen molar-refractivity contribution in [2.45, 2.75) is 32.7 Å². The number of carbonyl (C=O) groups is 1. The van der Waals surface area contributed by atoms with E-state index >= 15 is 0 Å². The topological polar surface area (TPSA) is 57.8 Å². The van der Waals surface area contributed by atoms with Gasteiger partial charge in [0.05, 0.1) is 17.1 Å². The molecule has 1 amide bonds. The fourth-order valence-corrected chi connectivity index (χ4v) is 2.87. The lowest BCUT2D eigenvalue weighted by Crippen LogP contribution is -2.32. The number of para-hydroxylation sites is 2. The molecule has 0 spiro atoms. The molecule has 25 heavy (non-hydrogen) atoms. The van der Waals surface area contributed by atoms with E-state index in [-0.39, 0.29) is 30.1 Å². The lowest BCUT2D eigenvalue weighted by Gasteiger charge is -2.20. The van der Waals surface area contributed by atoms with Crippen molar-refractivity contribution in [2.75, 3.05) is 0 Å². The molecule has 4 nitrogen and oxygen atoms in total. The van der Waals surface area contributed by atoms with Crippen LogP contribution in [0.5, 0.6) is 0 Å². The summed E-state index contributed by atoms with van der Waals surface area (Å²) in [4.78, 5) is 20.2. The molecule has 3 rings (SSSR count). The van der Waals surface area contributed by atoms with E-state index in [0.29, 0.717) is 12.0 Å². The highest BCUT2D eigenvalue weighted by molar-refractivity contribution is 5.77. The highest BCUT2D eigenvalue weighted by Crippen LogP contribution is 2.22. The largest absolute Gasteiger partial charge is 0.346 e. The number of nitrogens with one attached hydrogen (secondary N) is 2. The van der Waals surface area contributed by atoms with Gasteiger partial charge < -0.3 is 10.3 Å². The van der Waals surface area contributed by atoms with E-state index in [2.05, 4.69) is 15.3 Å². The van der Waals surface area contributed by atoms with Gasteiger partial charge >= 0.3 is 0 Å². The third-order valence-electron chi connectivity index (χ3n) is 4.26. The molecular formula is C20H22FN3O. The number of aryl methyl sites for hydroxylation is 1. The molecule has 0 saturated carbocycles. The summed E-state index contributed by atoms with van der Waals surface area (Å²) >= 11 is 0.